The number of methoxy groups -OCH3 is 2. The van der Waals surface area contributed by atoms with Crippen LogP contribution in [0.4, 0.5) is 0 Å². The zero-order valence-corrected chi connectivity index (χ0v) is 11.8. The van der Waals surface area contributed by atoms with Gasteiger partial charge in [0.05, 0.1) is 19.8 Å². The van der Waals surface area contributed by atoms with E-state index in [1.165, 1.54) is 0 Å². The number of rotatable bonds is 4. The van der Waals surface area contributed by atoms with Crippen LogP contribution in [0.25, 0.3) is 22.8 Å². The van der Waals surface area contributed by atoms with E-state index in [9.17, 15) is 0 Å². The summed E-state index contributed by atoms with van der Waals surface area (Å²) in [7, 11) is 3.25. The van der Waals surface area contributed by atoms with Crippen molar-refractivity contribution in [2.45, 2.75) is 0 Å². The number of aromatic nitrogens is 3. The Labute approximate surface area is 122 Å². The van der Waals surface area contributed by atoms with Crippen LogP contribution in [0.3, 0.4) is 0 Å². The molecule has 3 aromatic rings. The largest absolute Gasteiger partial charge is 0.497 e. The van der Waals surface area contributed by atoms with E-state index in [4.69, 9.17) is 9.47 Å². The van der Waals surface area contributed by atoms with Crippen molar-refractivity contribution in [3.05, 3.63) is 48.5 Å². The molecule has 0 aliphatic rings. The molecular weight excluding hydrogens is 266 g/mol. The van der Waals surface area contributed by atoms with Gasteiger partial charge in [0.2, 0.25) is 0 Å². The summed E-state index contributed by atoms with van der Waals surface area (Å²) < 4.78 is 10.6. The third-order valence-corrected chi connectivity index (χ3v) is 3.18. The highest BCUT2D eigenvalue weighted by Gasteiger charge is 2.13. The third-order valence-electron chi connectivity index (χ3n) is 3.18. The summed E-state index contributed by atoms with van der Waals surface area (Å²) in [5.41, 5.74) is 1.77. The molecule has 3 rings (SSSR count). The zero-order chi connectivity index (χ0) is 14.7. The first-order valence-corrected chi connectivity index (χ1v) is 6.52. The lowest BCUT2D eigenvalue weighted by Crippen LogP contribution is -1.91. The van der Waals surface area contributed by atoms with E-state index in [-0.39, 0.29) is 0 Å². The SMILES string of the molecule is COc1ccc(OC)c(-c2nc(-c3ccccc3)n[nH]2)c1. The van der Waals surface area contributed by atoms with E-state index in [0.29, 0.717) is 17.4 Å². The predicted octanol–water partition coefficient (Wildman–Crippen LogP) is 3.16. The Bertz CT molecular complexity index is 738. The number of nitrogens with one attached hydrogen (secondary N) is 1. The highest BCUT2D eigenvalue weighted by molar-refractivity contribution is 5.68. The summed E-state index contributed by atoms with van der Waals surface area (Å²) >= 11 is 0. The molecule has 0 amide bonds. The van der Waals surface area contributed by atoms with Gasteiger partial charge in [-0.1, -0.05) is 30.3 Å². The fraction of sp³-hybridized carbons (Fsp3) is 0.125. The van der Waals surface area contributed by atoms with E-state index < -0.39 is 0 Å². The summed E-state index contributed by atoms with van der Waals surface area (Å²) in [6.07, 6.45) is 0. The molecule has 0 saturated heterocycles. The van der Waals surface area contributed by atoms with Crippen LogP contribution in [0.5, 0.6) is 11.5 Å². The standard InChI is InChI=1S/C16H15N3O2/c1-20-12-8-9-14(21-2)13(10-12)16-17-15(18-19-16)11-6-4-3-5-7-11/h3-10H,1-2H3,(H,17,18,19). The van der Waals surface area contributed by atoms with E-state index in [1.807, 2.05) is 48.5 Å². The van der Waals surface area contributed by atoms with Gasteiger partial charge in [0, 0.05) is 5.56 Å². The van der Waals surface area contributed by atoms with Gasteiger partial charge in [-0.3, -0.25) is 5.10 Å². The van der Waals surface area contributed by atoms with Gasteiger partial charge in [-0.25, -0.2) is 4.98 Å². The molecule has 0 fully saturated rings. The van der Waals surface area contributed by atoms with Gasteiger partial charge in [-0.05, 0) is 18.2 Å². The average molecular weight is 281 g/mol. The van der Waals surface area contributed by atoms with Crippen molar-refractivity contribution in [3.8, 4) is 34.3 Å². The van der Waals surface area contributed by atoms with Gasteiger partial charge in [0.25, 0.3) is 0 Å². The second kappa shape index (κ2) is 5.66. The molecule has 0 atom stereocenters. The summed E-state index contributed by atoms with van der Waals surface area (Å²) in [6.45, 7) is 0. The smallest absolute Gasteiger partial charge is 0.181 e. The van der Waals surface area contributed by atoms with Crippen LogP contribution >= 0.6 is 0 Å². The van der Waals surface area contributed by atoms with Crippen LogP contribution in [-0.4, -0.2) is 29.4 Å². The fourth-order valence-corrected chi connectivity index (χ4v) is 2.10. The number of benzene rings is 2. The zero-order valence-electron chi connectivity index (χ0n) is 11.8. The number of H-pyrrole nitrogens is 1. The Morgan fingerprint density at radius 3 is 2.48 bits per heavy atom. The van der Waals surface area contributed by atoms with Crippen molar-refractivity contribution in [1.82, 2.24) is 15.2 Å². The van der Waals surface area contributed by atoms with Crippen LogP contribution in [0.15, 0.2) is 48.5 Å². The lowest BCUT2D eigenvalue weighted by atomic mass is 10.1. The molecule has 0 radical (unpaired) electrons. The molecule has 1 aromatic heterocycles. The summed E-state index contributed by atoms with van der Waals surface area (Å²) in [5.74, 6) is 2.75. The van der Waals surface area contributed by atoms with Gasteiger partial charge >= 0.3 is 0 Å². The molecule has 1 heterocycles. The van der Waals surface area contributed by atoms with Gasteiger partial charge < -0.3 is 9.47 Å². The first-order valence-electron chi connectivity index (χ1n) is 6.52. The van der Waals surface area contributed by atoms with Crippen molar-refractivity contribution < 1.29 is 9.47 Å². The molecule has 21 heavy (non-hydrogen) atoms. The molecule has 5 heteroatoms. The summed E-state index contributed by atoms with van der Waals surface area (Å²) in [6, 6.07) is 15.4. The Kier molecular flexibility index (Phi) is 3.55. The number of hydrogen-bond acceptors (Lipinski definition) is 4. The van der Waals surface area contributed by atoms with E-state index in [0.717, 1.165) is 16.9 Å². The molecule has 1 N–H and O–H groups in total. The molecule has 0 aliphatic carbocycles. The molecule has 2 aromatic carbocycles. The number of nitrogens with zero attached hydrogens (tertiary/aromatic N) is 2. The van der Waals surface area contributed by atoms with Crippen LogP contribution < -0.4 is 9.47 Å². The quantitative estimate of drug-likeness (QED) is 0.798. The molecule has 5 nitrogen and oxygen atoms in total. The highest BCUT2D eigenvalue weighted by Crippen LogP contribution is 2.32. The van der Waals surface area contributed by atoms with Crippen molar-refractivity contribution in [2.24, 2.45) is 0 Å². The van der Waals surface area contributed by atoms with Gasteiger partial charge in [-0.2, -0.15) is 5.10 Å². The Morgan fingerprint density at radius 2 is 1.76 bits per heavy atom. The molecule has 0 saturated carbocycles. The number of hydrogen-bond donors (Lipinski definition) is 1. The topological polar surface area (TPSA) is 60.0 Å². The molecule has 0 bridgehead atoms. The lowest BCUT2D eigenvalue weighted by Gasteiger charge is -2.07. The predicted molar refractivity (Wildman–Crippen MR) is 80.4 cm³/mol. The highest BCUT2D eigenvalue weighted by atomic mass is 16.5. The second-order valence-corrected chi connectivity index (χ2v) is 4.44. The fourth-order valence-electron chi connectivity index (χ4n) is 2.10. The van der Waals surface area contributed by atoms with Crippen LogP contribution in [0, 0.1) is 0 Å². The maximum Gasteiger partial charge on any atom is 0.181 e. The molecular formula is C16H15N3O2. The van der Waals surface area contributed by atoms with Crippen LogP contribution in [-0.2, 0) is 0 Å². The van der Waals surface area contributed by atoms with Crippen LogP contribution in [0.1, 0.15) is 0 Å². The van der Waals surface area contributed by atoms with E-state index >= 15 is 0 Å². The number of ether oxygens (including phenoxy) is 2. The van der Waals surface area contributed by atoms with Crippen molar-refractivity contribution in [1.29, 1.82) is 0 Å². The lowest BCUT2D eigenvalue weighted by molar-refractivity contribution is 0.404. The van der Waals surface area contributed by atoms with Crippen molar-refractivity contribution in [3.63, 3.8) is 0 Å². The second-order valence-electron chi connectivity index (χ2n) is 4.44. The summed E-state index contributed by atoms with van der Waals surface area (Å²) in [5, 5.41) is 7.21. The van der Waals surface area contributed by atoms with Crippen molar-refractivity contribution >= 4 is 0 Å². The minimum atomic E-state index is 0.643. The van der Waals surface area contributed by atoms with E-state index in [2.05, 4.69) is 15.2 Å². The average Bonchev–Trinajstić information content (AvgIpc) is 3.05. The first-order chi connectivity index (χ1) is 10.3. The Balaban J connectivity index is 2.04. The maximum absolute atomic E-state index is 5.37. The molecule has 106 valence electrons. The summed E-state index contributed by atoms with van der Waals surface area (Å²) in [4.78, 5) is 4.53. The maximum atomic E-state index is 5.37. The van der Waals surface area contributed by atoms with E-state index in [1.54, 1.807) is 14.2 Å². The monoisotopic (exact) mass is 281 g/mol. The van der Waals surface area contributed by atoms with Gasteiger partial charge in [0.1, 0.15) is 11.5 Å². The first kappa shape index (κ1) is 13.2. The van der Waals surface area contributed by atoms with Gasteiger partial charge in [0.15, 0.2) is 11.6 Å². The minimum Gasteiger partial charge on any atom is -0.497 e. The molecule has 0 aliphatic heterocycles. The third kappa shape index (κ3) is 2.58. The van der Waals surface area contributed by atoms with Crippen molar-refractivity contribution in [2.75, 3.05) is 14.2 Å². The Morgan fingerprint density at radius 1 is 0.952 bits per heavy atom. The van der Waals surface area contributed by atoms with Gasteiger partial charge in [-0.15, -0.1) is 0 Å². The normalized spacial score (nSPS) is 10.4. The Hall–Kier alpha value is -2.82. The number of aromatic amines is 1. The minimum absolute atomic E-state index is 0.643. The molecule has 0 spiro atoms. The molecule has 0 unspecified atom stereocenters. The van der Waals surface area contributed by atoms with Crippen LogP contribution in [0.2, 0.25) is 0 Å².